The molecule has 0 aromatic heterocycles. The average molecular weight is 338 g/mol. The van der Waals surface area contributed by atoms with E-state index >= 15 is 0 Å². The third kappa shape index (κ3) is 1.69. The first-order valence-corrected chi connectivity index (χ1v) is 10.6. The second-order valence-corrected chi connectivity index (χ2v) is 10.3. The van der Waals surface area contributed by atoms with Crippen LogP contribution in [0.3, 0.4) is 0 Å². The minimum atomic E-state index is -0.0626. The Morgan fingerprint density at radius 2 is 1.96 bits per heavy atom. The molecular weight excluding hydrogens is 306 g/mol. The molecule has 4 saturated carbocycles. The zero-order chi connectivity index (χ0) is 17.6. The highest BCUT2D eigenvalue weighted by Crippen LogP contribution is 2.80. The van der Waals surface area contributed by atoms with Crippen LogP contribution in [0.25, 0.3) is 0 Å². The molecule has 0 N–H and O–H groups in total. The van der Waals surface area contributed by atoms with Crippen LogP contribution in [0.4, 0.5) is 0 Å². The predicted octanol–water partition coefficient (Wildman–Crippen LogP) is 5.29. The molecule has 0 amide bonds. The van der Waals surface area contributed by atoms with Gasteiger partial charge in [-0.2, -0.15) is 5.26 Å². The van der Waals surface area contributed by atoms with Crippen LogP contribution in [-0.2, 0) is 4.79 Å². The molecule has 0 unspecified atom stereocenters. The van der Waals surface area contributed by atoms with Crippen LogP contribution >= 0.6 is 0 Å². The van der Waals surface area contributed by atoms with Gasteiger partial charge in [-0.05, 0) is 91.4 Å². The lowest BCUT2D eigenvalue weighted by Gasteiger charge is -2.60. The maximum atomic E-state index is 12.0. The lowest BCUT2D eigenvalue weighted by atomic mass is 9.44. The standard InChI is InChI=1S/C23H31NO/c1-4-23(13-24)19-12-17(19)20-16-6-5-14-11-15(25)7-9-21(14,2)18(16)8-10-22(20,23)3/h11,16-20H,4-10,12H2,1-3H3/t16-,17-,18+,19+,20-,21+,22+,23+/m1/s1. The summed E-state index contributed by atoms with van der Waals surface area (Å²) in [6, 6.07) is 2.87. The topological polar surface area (TPSA) is 40.9 Å². The minimum Gasteiger partial charge on any atom is -0.295 e. The van der Waals surface area contributed by atoms with E-state index in [0.29, 0.717) is 11.7 Å². The zero-order valence-electron chi connectivity index (χ0n) is 16.0. The first-order chi connectivity index (χ1) is 11.9. The fourth-order valence-corrected chi connectivity index (χ4v) is 8.68. The van der Waals surface area contributed by atoms with Crippen molar-refractivity contribution >= 4 is 5.78 Å². The van der Waals surface area contributed by atoms with Crippen molar-refractivity contribution in [3.8, 4) is 6.07 Å². The zero-order valence-corrected chi connectivity index (χ0v) is 16.0. The second-order valence-electron chi connectivity index (χ2n) is 10.3. The summed E-state index contributed by atoms with van der Waals surface area (Å²) in [5.74, 6) is 4.12. The number of carbonyl (C=O) groups is 1. The molecular formula is C23H31NO. The van der Waals surface area contributed by atoms with Gasteiger partial charge in [0.15, 0.2) is 5.78 Å². The monoisotopic (exact) mass is 337 g/mol. The maximum Gasteiger partial charge on any atom is 0.155 e. The number of allylic oxidation sites excluding steroid dienone is 1. The molecule has 134 valence electrons. The summed E-state index contributed by atoms with van der Waals surface area (Å²) in [7, 11) is 0. The SMILES string of the molecule is CC[C@]1(C#N)[C@H]2C[C@H]2[C@H]2[C@@H]3CCC4=CC(=O)CC[C@]4(C)[C@H]3CC[C@@]21C. The molecule has 0 aromatic rings. The highest BCUT2D eigenvalue weighted by Gasteiger charge is 2.76. The molecule has 25 heavy (non-hydrogen) atoms. The molecule has 0 saturated heterocycles. The molecule has 4 fully saturated rings. The molecule has 5 rings (SSSR count). The van der Waals surface area contributed by atoms with E-state index in [0.717, 1.165) is 49.4 Å². The molecule has 8 atom stereocenters. The molecule has 5 aliphatic carbocycles. The van der Waals surface area contributed by atoms with Gasteiger partial charge in [-0.3, -0.25) is 4.79 Å². The van der Waals surface area contributed by atoms with Gasteiger partial charge >= 0.3 is 0 Å². The van der Waals surface area contributed by atoms with E-state index in [1.165, 1.54) is 31.3 Å². The summed E-state index contributed by atoms with van der Waals surface area (Å²) < 4.78 is 0. The summed E-state index contributed by atoms with van der Waals surface area (Å²) >= 11 is 0. The highest BCUT2D eigenvalue weighted by atomic mass is 16.1. The third-order valence-corrected chi connectivity index (χ3v) is 9.92. The van der Waals surface area contributed by atoms with E-state index in [1.807, 2.05) is 6.08 Å². The van der Waals surface area contributed by atoms with Gasteiger partial charge in [0, 0.05) is 6.42 Å². The summed E-state index contributed by atoms with van der Waals surface area (Å²) in [4.78, 5) is 12.0. The Morgan fingerprint density at radius 3 is 2.68 bits per heavy atom. The van der Waals surface area contributed by atoms with Crippen molar-refractivity contribution in [3.05, 3.63) is 11.6 Å². The Morgan fingerprint density at radius 1 is 1.16 bits per heavy atom. The van der Waals surface area contributed by atoms with Gasteiger partial charge in [-0.15, -0.1) is 0 Å². The van der Waals surface area contributed by atoms with Crippen LogP contribution in [0.5, 0.6) is 0 Å². The van der Waals surface area contributed by atoms with Gasteiger partial charge in [-0.25, -0.2) is 0 Å². The fourth-order valence-electron chi connectivity index (χ4n) is 8.68. The van der Waals surface area contributed by atoms with E-state index in [9.17, 15) is 10.1 Å². The highest BCUT2D eigenvalue weighted by molar-refractivity contribution is 5.91. The summed E-state index contributed by atoms with van der Waals surface area (Å²) in [5, 5.41) is 10.2. The summed E-state index contributed by atoms with van der Waals surface area (Å²) in [5.41, 5.74) is 1.88. The minimum absolute atomic E-state index is 0.0626. The van der Waals surface area contributed by atoms with Crippen molar-refractivity contribution < 1.29 is 4.79 Å². The van der Waals surface area contributed by atoms with Crippen molar-refractivity contribution in [1.82, 2.24) is 0 Å². The third-order valence-electron chi connectivity index (χ3n) is 9.92. The first kappa shape index (κ1) is 16.1. The van der Waals surface area contributed by atoms with E-state index in [4.69, 9.17) is 0 Å². The van der Waals surface area contributed by atoms with Gasteiger partial charge < -0.3 is 0 Å². The number of nitrogens with zero attached hydrogens (tertiary/aromatic N) is 1. The number of fused-ring (bicyclic) bond motifs is 7. The maximum absolute atomic E-state index is 12.0. The van der Waals surface area contributed by atoms with Gasteiger partial charge in [0.05, 0.1) is 11.5 Å². The molecule has 0 aliphatic heterocycles. The van der Waals surface area contributed by atoms with E-state index in [1.54, 1.807) is 0 Å². The van der Waals surface area contributed by atoms with Crippen molar-refractivity contribution in [2.24, 2.45) is 45.8 Å². The Kier molecular flexibility index (Phi) is 3.08. The van der Waals surface area contributed by atoms with Crippen molar-refractivity contribution in [2.75, 3.05) is 0 Å². The van der Waals surface area contributed by atoms with Crippen molar-refractivity contribution in [3.63, 3.8) is 0 Å². The molecule has 0 spiro atoms. The van der Waals surface area contributed by atoms with Crippen molar-refractivity contribution in [1.29, 1.82) is 5.26 Å². The lowest BCUT2D eigenvalue weighted by Crippen LogP contribution is -2.54. The van der Waals surface area contributed by atoms with Crippen molar-refractivity contribution in [2.45, 2.75) is 72.1 Å². The van der Waals surface area contributed by atoms with E-state index in [2.05, 4.69) is 26.8 Å². The van der Waals surface area contributed by atoms with E-state index < -0.39 is 0 Å². The number of nitriles is 1. The molecule has 0 heterocycles. The number of hydrogen-bond acceptors (Lipinski definition) is 2. The predicted molar refractivity (Wildman–Crippen MR) is 97.4 cm³/mol. The van der Waals surface area contributed by atoms with Crippen LogP contribution in [0, 0.1) is 57.2 Å². The fraction of sp³-hybridized carbons (Fsp3) is 0.826. The molecule has 0 aromatic carbocycles. The van der Waals surface area contributed by atoms with Gasteiger partial charge in [-0.1, -0.05) is 26.3 Å². The van der Waals surface area contributed by atoms with Crippen LogP contribution < -0.4 is 0 Å². The lowest BCUT2D eigenvalue weighted by molar-refractivity contribution is -0.118. The number of ketones is 1. The Balaban J connectivity index is 1.55. The summed E-state index contributed by atoms with van der Waals surface area (Å²) in [6.45, 7) is 7.19. The summed E-state index contributed by atoms with van der Waals surface area (Å²) in [6.07, 6.45) is 11.0. The van der Waals surface area contributed by atoms with Crippen LogP contribution in [0.1, 0.15) is 72.1 Å². The molecule has 0 radical (unpaired) electrons. The Labute approximate surface area is 152 Å². The second kappa shape index (κ2) is 4.79. The van der Waals surface area contributed by atoms with Crippen LogP contribution in [-0.4, -0.2) is 5.78 Å². The normalized spacial score (nSPS) is 56.0. The quantitative estimate of drug-likeness (QED) is 0.652. The average Bonchev–Trinajstić information content (AvgIpc) is 3.33. The van der Waals surface area contributed by atoms with Gasteiger partial charge in [0.1, 0.15) is 0 Å². The smallest absolute Gasteiger partial charge is 0.155 e. The molecule has 5 aliphatic rings. The molecule has 0 bridgehead atoms. The number of hydrogen-bond donors (Lipinski definition) is 0. The number of rotatable bonds is 1. The first-order valence-electron chi connectivity index (χ1n) is 10.6. The Hall–Kier alpha value is -1.10. The Bertz CT molecular complexity index is 716. The van der Waals surface area contributed by atoms with E-state index in [-0.39, 0.29) is 16.2 Å². The van der Waals surface area contributed by atoms with Crippen LogP contribution in [0.15, 0.2) is 11.6 Å². The van der Waals surface area contributed by atoms with Gasteiger partial charge in [0.2, 0.25) is 0 Å². The van der Waals surface area contributed by atoms with Gasteiger partial charge in [0.25, 0.3) is 0 Å². The molecule has 2 heteroatoms. The molecule has 2 nitrogen and oxygen atoms in total. The number of carbonyl (C=O) groups excluding carboxylic acids is 1. The van der Waals surface area contributed by atoms with Crippen LogP contribution in [0.2, 0.25) is 0 Å². The largest absolute Gasteiger partial charge is 0.295 e.